The number of nitrogens with zero attached hydrogens (tertiary/aromatic N) is 2. The number of hydrogen-bond donors (Lipinski definition) is 1. The third-order valence-electron chi connectivity index (χ3n) is 2.58. The Hall–Kier alpha value is -0.830. The first-order valence-electron chi connectivity index (χ1n) is 6.03. The second-order valence-electron chi connectivity index (χ2n) is 4.12. The molecule has 0 aliphatic rings. The van der Waals surface area contributed by atoms with Crippen LogP contribution in [-0.2, 0) is 6.54 Å². The van der Waals surface area contributed by atoms with Crippen molar-refractivity contribution >= 4 is 0 Å². The van der Waals surface area contributed by atoms with Gasteiger partial charge in [-0.25, -0.2) is 0 Å². The van der Waals surface area contributed by atoms with Gasteiger partial charge in [-0.05, 0) is 38.8 Å². The predicted octanol–water partition coefficient (Wildman–Crippen LogP) is 2.44. The standard InChI is InChI=1S/C12H23N3/c1-3-8-13-12(2)7-4-5-10-15-11-6-9-14-15/h6,9,11-13H,3-5,7-8,10H2,1-2H3. The van der Waals surface area contributed by atoms with E-state index in [9.17, 15) is 0 Å². The maximum absolute atomic E-state index is 4.18. The second-order valence-corrected chi connectivity index (χ2v) is 4.12. The highest BCUT2D eigenvalue weighted by Gasteiger charge is 1.99. The number of aryl methyl sites for hydroxylation is 1. The quantitative estimate of drug-likeness (QED) is 0.666. The van der Waals surface area contributed by atoms with E-state index in [1.807, 2.05) is 23.1 Å². The van der Waals surface area contributed by atoms with Gasteiger partial charge in [-0.15, -0.1) is 0 Å². The Morgan fingerprint density at radius 3 is 2.93 bits per heavy atom. The fourth-order valence-electron chi connectivity index (χ4n) is 1.65. The molecular formula is C12H23N3. The van der Waals surface area contributed by atoms with Crippen molar-refractivity contribution in [2.75, 3.05) is 6.54 Å². The minimum atomic E-state index is 0.655. The molecule has 1 aromatic rings. The van der Waals surface area contributed by atoms with E-state index in [0.29, 0.717) is 6.04 Å². The molecule has 0 saturated carbocycles. The maximum atomic E-state index is 4.18. The lowest BCUT2D eigenvalue weighted by atomic mass is 10.1. The SMILES string of the molecule is CCCNC(C)CCCCn1cccn1. The molecule has 1 heterocycles. The lowest BCUT2D eigenvalue weighted by molar-refractivity contribution is 0.467. The lowest BCUT2D eigenvalue weighted by Gasteiger charge is -2.12. The molecular weight excluding hydrogens is 186 g/mol. The number of rotatable bonds is 8. The summed E-state index contributed by atoms with van der Waals surface area (Å²) >= 11 is 0. The van der Waals surface area contributed by atoms with Crippen LogP contribution in [0.1, 0.15) is 39.5 Å². The molecule has 0 amide bonds. The normalized spacial score (nSPS) is 12.9. The summed E-state index contributed by atoms with van der Waals surface area (Å²) in [6, 6.07) is 2.63. The summed E-state index contributed by atoms with van der Waals surface area (Å²) in [4.78, 5) is 0. The van der Waals surface area contributed by atoms with Crippen molar-refractivity contribution in [2.45, 2.75) is 52.1 Å². The molecule has 0 aliphatic heterocycles. The second kappa shape index (κ2) is 7.46. The van der Waals surface area contributed by atoms with Gasteiger partial charge in [0.25, 0.3) is 0 Å². The fraction of sp³-hybridized carbons (Fsp3) is 0.750. The van der Waals surface area contributed by atoms with E-state index in [-0.39, 0.29) is 0 Å². The number of nitrogens with one attached hydrogen (secondary N) is 1. The van der Waals surface area contributed by atoms with Crippen molar-refractivity contribution in [3.8, 4) is 0 Å². The molecule has 3 heteroatoms. The minimum absolute atomic E-state index is 0.655. The van der Waals surface area contributed by atoms with Crippen LogP contribution in [0.4, 0.5) is 0 Å². The monoisotopic (exact) mass is 209 g/mol. The van der Waals surface area contributed by atoms with Gasteiger partial charge in [0, 0.05) is 25.0 Å². The van der Waals surface area contributed by atoms with Gasteiger partial charge in [0.05, 0.1) is 0 Å². The van der Waals surface area contributed by atoms with Crippen LogP contribution in [0.2, 0.25) is 0 Å². The zero-order valence-corrected chi connectivity index (χ0v) is 9.95. The molecule has 86 valence electrons. The molecule has 0 fully saturated rings. The fourth-order valence-corrected chi connectivity index (χ4v) is 1.65. The number of unbranched alkanes of at least 4 members (excludes halogenated alkanes) is 1. The Kier molecular flexibility index (Phi) is 6.09. The van der Waals surface area contributed by atoms with Crippen molar-refractivity contribution in [3.63, 3.8) is 0 Å². The molecule has 1 N–H and O–H groups in total. The van der Waals surface area contributed by atoms with E-state index < -0.39 is 0 Å². The van der Waals surface area contributed by atoms with Crippen LogP contribution in [0.15, 0.2) is 18.5 Å². The van der Waals surface area contributed by atoms with Gasteiger partial charge in [-0.1, -0.05) is 13.3 Å². The Morgan fingerprint density at radius 2 is 2.27 bits per heavy atom. The molecule has 1 rings (SSSR count). The topological polar surface area (TPSA) is 29.9 Å². The molecule has 3 nitrogen and oxygen atoms in total. The third-order valence-corrected chi connectivity index (χ3v) is 2.58. The zero-order chi connectivity index (χ0) is 10.9. The van der Waals surface area contributed by atoms with Crippen molar-refractivity contribution in [2.24, 2.45) is 0 Å². The number of hydrogen-bond acceptors (Lipinski definition) is 2. The molecule has 0 spiro atoms. The highest BCUT2D eigenvalue weighted by molar-refractivity contribution is 4.77. The molecule has 1 atom stereocenters. The Morgan fingerprint density at radius 1 is 1.40 bits per heavy atom. The van der Waals surface area contributed by atoms with E-state index in [0.717, 1.165) is 13.1 Å². The first-order valence-corrected chi connectivity index (χ1v) is 6.03. The van der Waals surface area contributed by atoms with Crippen molar-refractivity contribution in [1.29, 1.82) is 0 Å². The number of aromatic nitrogens is 2. The summed E-state index contributed by atoms with van der Waals surface area (Å²) in [5, 5.41) is 7.69. The summed E-state index contributed by atoms with van der Waals surface area (Å²) in [7, 11) is 0. The zero-order valence-electron chi connectivity index (χ0n) is 9.95. The van der Waals surface area contributed by atoms with Crippen LogP contribution in [0.5, 0.6) is 0 Å². The van der Waals surface area contributed by atoms with Gasteiger partial charge in [0.1, 0.15) is 0 Å². The average molecular weight is 209 g/mol. The highest BCUT2D eigenvalue weighted by Crippen LogP contribution is 2.02. The van der Waals surface area contributed by atoms with E-state index >= 15 is 0 Å². The van der Waals surface area contributed by atoms with Crippen molar-refractivity contribution in [3.05, 3.63) is 18.5 Å². The first kappa shape index (κ1) is 12.2. The van der Waals surface area contributed by atoms with Gasteiger partial charge in [-0.3, -0.25) is 4.68 Å². The molecule has 0 radical (unpaired) electrons. The van der Waals surface area contributed by atoms with Crippen molar-refractivity contribution in [1.82, 2.24) is 15.1 Å². The predicted molar refractivity (Wildman–Crippen MR) is 63.8 cm³/mol. The smallest absolute Gasteiger partial charge is 0.0489 e. The Balaban J connectivity index is 1.97. The molecule has 0 aromatic carbocycles. The maximum Gasteiger partial charge on any atom is 0.0489 e. The van der Waals surface area contributed by atoms with Crippen LogP contribution in [0.3, 0.4) is 0 Å². The van der Waals surface area contributed by atoms with E-state index in [1.54, 1.807) is 0 Å². The average Bonchev–Trinajstić information content (AvgIpc) is 2.74. The molecule has 1 unspecified atom stereocenters. The highest BCUT2D eigenvalue weighted by atomic mass is 15.3. The molecule has 1 aromatic heterocycles. The summed E-state index contributed by atoms with van der Waals surface area (Å²) in [5.74, 6) is 0. The summed E-state index contributed by atoms with van der Waals surface area (Å²) in [6.07, 6.45) is 8.85. The van der Waals surface area contributed by atoms with Crippen LogP contribution in [-0.4, -0.2) is 22.4 Å². The Labute approximate surface area is 92.9 Å². The van der Waals surface area contributed by atoms with E-state index in [1.165, 1.54) is 25.7 Å². The summed E-state index contributed by atoms with van der Waals surface area (Å²) in [5.41, 5.74) is 0. The third kappa shape index (κ3) is 5.57. The van der Waals surface area contributed by atoms with Crippen LogP contribution in [0, 0.1) is 0 Å². The Bertz CT molecular complexity index is 231. The molecule has 0 aliphatic carbocycles. The van der Waals surface area contributed by atoms with Crippen LogP contribution < -0.4 is 5.32 Å². The van der Waals surface area contributed by atoms with Crippen molar-refractivity contribution < 1.29 is 0 Å². The van der Waals surface area contributed by atoms with Gasteiger partial charge in [0.15, 0.2) is 0 Å². The largest absolute Gasteiger partial charge is 0.314 e. The minimum Gasteiger partial charge on any atom is -0.314 e. The lowest BCUT2D eigenvalue weighted by Crippen LogP contribution is -2.26. The van der Waals surface area contributed by atoms with E-state index in [4.69, 9.17) is 0 Å². The van der Waals surface area contributed by atoms with Gasteiger partial charge < -0.3 is 5.32 Å². The molecule has 15 heavy (non-hydrogen) atoms. The van der Waals surface area contributed by atoms with Gasteiger partial charge in [0.2, 0.25) is 0 Å². The van der Waals surface area contributed by atoms with Crippen LogP contribution >= 0.6 is 0 Å². The van der Waals surface area contributed by atoms with Crippen LogP contribution in [0.25, 0.3) is 0 Å². The molecule has 0 bridgehead atoms. The first-order chi connectivity index (χ1) is 7.33. The summed E-state index contributed by atoms with van der Waals surface area (Å²) < 4.78 is 2.00. The summed E-state index contributed by atoms with van der Waals surface area (Å²) in [6.45, 7) is 6.66. The molecule has 0 saturated heterocycles. The van der Waals surface area contributed by atoms with Gasteiger partial charge >= 0.3 is 0 Å². The van der Waals surface area contributed by atoms with Gasteiger partial charge in [-0.2, -0.15) is 5.10 Å². The van der Waals surface area contributed by atoms with E-state index in [2.05, 4.69) is 24.3 Å².